The van der Waals surface area contributed by atoms with Gasteiger partial charge in [-0.25, -0.2) is 0 Å². The van der Waals surface area contributed by atoms with E-state index in [0.29, 0.717) is 11.3 Å². The van der Waals surface area contributed by atoms with E-state index >= 15 is 0 Å². The lowest BCUT2D eigenvalue weighted by Gasteiger charge is -2.33. The van der Waals surface area contributed by atoms with Crippen LogP contribution in [0.1, 0.15) is 77.0 Å². The summed E-state index contributed by atoms with van der Waals surface area (Å²) in [5.41, 5.74) is 2.43. The lowest BCUT2D eigenvalue weighted by atomic mass is 9.87. The van der Waals surface area contributed by atoms with Gasteiger partial charge in [-0.2, -0.15) is 0 Å². The number of pyridine rings is 1. The van der Waals surface area contributed by atoms with Crippen molar-refractivity contribution >= 4 is 28.3 Å². The van der Waals surface area contributed by atoms with Crippen molar-refractivity contribution in [3.63, 3.8) is 0 Å². The van der Waals surface area contributed by atoms with E-state index in [1.54, 1.807) is 19.3 Å². The number of nitrogens with one attached hydrogen (secondary N) is 1. The fourth-order valence-electron chi connectivity index (χ4n) is 4.96. The number of fused-ring (bicyclic) bond motifs is 1. The first-order valence-corrected chi connectivity index (χ1v) is 12.8. The lowest BCUT2D eigenvalue weighted by molar-refractivity contribution is -0.125. The summed E-state index contributed by atoms with van der Waals surface area (Å²) in [6.07, 6.45) is 8.79. The van der Waals surface area contributed by atoms with E-state index in [2.05, 4.69) is 42.9 Å². The molecule has 1 fully saturated rings. The first-order chi connectivity index (χ1) is 17.3. The Bertz CT molecular complexity index is 1280. The van der Waals surface area contributed by atoms with Crippen molar-refractivity contribution in [3.8, 4) is 11.8 Å². The molecule has 1 atom stereocenters. The molecule has 1 unspecified atom stereocenters. The average molecular weight is 482 g/mol. The number of rotatable bonds is 5. The molecule has 0 radical (unpaired) electrons. The number of benzene rings is 2. The van der Waals surface area contributed by atoms with Crippen LogP contribution in [-0.2, 0) is 15.0 Å². The molecule has 0 bridgehead atoms. The summed E-state index contributed by atoms with van der Waals surface area (Å²) in [7, 11) is 0. The molecule has 5 heteroatoms. The number of hydrogen-bond acceptors (Lipinski definition) is 3. The third-order valence-electron chi connectivity index (χ3n) is 6.91. The van der Waals surface area contributed by atoms with E-state index in [-0.39, 0.29) is 17.4 Å². The predicted octanol–water partition coefficient (Wildman–Crippen LogP) is 6.08. The van der Waals surface area contributed by atoms with E-state index in [1.807, 2.05) is 48.5 Å². The van der Waals surface area contributed by atoms with Crippen molar-refractivity contribution in [3.05, 3.63) is 72.1 Å². The molecule has 4 rings (SSSR count). The van der Waals surface area contributed by atoms with Gasteiger partial charge >= 0.3 is 5.91 Å². The number of hydrogen-bond donors (Lipinski definition) is 1. The number of amides is 2. The van der Waals surface area contributed by atoms with Crippen LogP contribution in [0.4, 0.5) is 5.69 Å². The van der Waals surface area contributed by atoms with Crippen LogP contribution in [0, 0.1) is 11.8 Å². The second-order valence-corrected chi connectivity index (χ2v) is 10.5. The van der Waals surface area contributed by atoms with Gasteiger partial charge in [-0.05, 0) is 54.2 Å². The molecule has 1 saturated carbocycles. The van der Waals surface area contributed by atoms with Crippen molar-refractivity contribution in [2.45, 2.75) is 77.3 Å². The first-order valence-electron chi connectivity index (χ1n) is 12.8. The zero-order valence-corrected chi connectivity index (χ0v) is 21.7. The Balaban J connectivity index is 1.86. The molecule has 2 amide bonds. The van der Waals surface area contributed by atoms with Crippen molar-refractivity contribution in [2.24, 2.45) is 0 Å². The van der Waals surface area contributed by atoms with E-state index < -0.39 is 11.9 Å². The molecule has 1 N–H and O–H groups in total. The highest BCUT2D eigenvalue weighted by molar-refractivity contribution is 6.10. The maximum Gasteiger partial charge on any atom is 0.303 e. The Labute approximate surface area is 214 Å². The number of carbonyl (C=O) groups excluding carboxylic acids is 2. The molecule has 186 valence electrons. The molecule has 2 aromatic carbocycles. The maximum atomic E-state index is 14.0. The lowest BCUT2D eigenvalue weighted by Crippen LogP contribution is -2.47. The molecule has 0 saturated heterocycles. The minimum Gasteiger partial charge on any atom is -0.351 e. The van der Waals surface area contributed by atoms with E-state index in [9.17, 15) is 9.59 Å². The van der Waals surface area contributed by atoms with Gasteiger partial charge < -0.3 is 5.32 Å². The Hall–Kier alpha value is -3.65. The van der Waals surface area contributed by atoms with Crippen molar-refractivity contribution in [1.82, 2.24) is 10.3 Å². The molecular weight excluding hydrogens is 446 g/mol. The SMILES string of the molecule is CC#CC(=O)N(c1ccc(C(C)(C)C)cc1)C(C(=O)NC1CCCCC1)c1cncc2ccccc12. The molecule has 36 heavy (non-hydrogen) atoms. The Morgan fingerprint density at radius 1 is 1.00 bits per heavy atom. The average Bonchev–Trinajstić information content (AvgIpc) is 2.87. The van der Waals surface area contributed by atoms with Gasteiger partial charge in [0.25, 0.3) is 0 Å². The standard InChI is InChI=1S/C31H35N3O2/c1-5-11-28(35)34(25-18-16-23(17-19-25)31(2,3)4)29(30(36)33-24-13-7-6-8-14-24)27-21-32-20-22-12-9-10-15-26(22)27/h9-10,12,15-21,24,29H,6-8,13-14H2,1-4H3,(H,33,36). The van der Waals surface area contributed by atoms with E-state index in [4.69, 9.17) is 0 Å². The Morgan fingerprint density at radius 3 is 2.36 bits per heavy atom. The van der Waals surface area contributed by atoms with Crippen LogP contribution in [0.2, 0.25) is 0 Å². The van der Waals surface area contributed by atoms with Crippen molar-refractivity contribution < 1.29 is 9.59 Å². The van der Waals surface area contributed by atoms with E-state index in [1.165, 1.54) is 11.3 Å². The normalized spacial score (nSPS) is 15.0. The third kappa shape index (κ3) is 5.60. The van der Waals surface area contributed by atoms with Crippen LogP contribution in [-0.4, -0.2) is 22.8 Å². The van der Waals surface area contributed by atoms with Gasteiger partial charge in [0.2, 0.25) is 5.91 Å². The minimum atomic E-state index is -0.903. The van der Waals surface area contributed by atoms with Gasteiger partial charge in [-0.3, -0.25) is 19.5 Å². The first kappa shape index (κ1) is 25.4. The molecule has 1 aromatic heterocycles. The number of carbonyl (C=O) groups is 2. The van der Waals surface area contributed by atoms with Gasteiger partial charge in [0.05, 0.1) is 0 Å². The second kappa shape index (κ2) is 11.0. The Morgan fingerprint density at radius 2 is 1.69 bits per heavy atom. The van der Waals surface area contributed by atoms with Gasteiger partial charge in [0.15, 0.2) is 0 Å². The highest BCUT2D eigenvalue weighted by Crippen LogP contribution is 2.34. The summed E-state index contributed by atoms with van der Waals surface area (Å²) in [6, 6.07) is 14.9. The number of nitrogens with zero attached hydrogens (tertiary/aromatic N) is 2. The number of anilines is 1. The Kier molecular flexibility index (Phi) is 7.74. The van der Waals surface area contributed by atoms with Gasteiger partial charge in [0, 0.05) is 35.1 Å². The van der Waals surface area contributed by atoms with Crippen LogP contribution in [0.3, 0.4) is 0 Å². The minimum absolute atomic E-state index is 0.0338. The molecule has 3 aromatic rings. The molecule has 1 heterocycles. The second-order valence-electron chi connectivity index (χ2n) is 10.5. The summed E-state index contributed by atoms with van der Waals surface area (Å²) in [6.45, 7) is 8.08. The smallest absolute Gasteiger partial charge is 0.303 e. The largest absolute Gasteiger partial charge is 0.351 e. The predicted molar refractivity (Wildman–Crippen MR) is 146 cm³/mol. The van der Waals surface area contributed by atoms with Crippen LogP contribution in [0.25, 0.3) is 10.8 Å². The van der Waals surface area contributed by atoms with Gasteiger partial charge in [-0.1, -0.05) is 82.4 Å². The van der Waals surface area contributed by atoms with Gasteiger partial charge in [0.1, 0.15) is 6.04 Å². The zero-order valence-electron chi connectivity index (χ0n) is 21.7. The van der Waals surface area contributed by atoms with Crippen molar-refractivity contribution in [1.29, 1.82) is 0 Å². The summed E-state index contributed by atoms with van der Waals surface area (Å²) in [5.74, 6) is 4.79. The van der Waals surface area contributed by atoms with Crippen LogP contribution < -0.4 is 10.2 Å². The van der Waals surface area contributed by atoms with E-state index in [0.717, 1.165) is 42.0 Å². The quantitative estimate of drug-likeness (QED) is 0.449. The van der Waals surface area contributed by atoms with Crippen LogP contribution in [0.15, 0.2) is 60.9 Å². The molecule has 5 nitrogen and oxygen atoms in total. The zero-order chi connectivity index (χ0) is 25.7. The van der Waals surface area contributed by atoms with Crippen LogP contribution in [0.5, 0.6) is 0 Å². The molecular formula is C31H35N3O2. The summed E-state index contributed by atoms with van der Waals surface area (Å²) in [4.78, 5) is 33.5. The highest BCUT2D eigenvalue weighted by Gasteiger charge is 2.35. The van der Waals surface area contributed by atoms with Crippen molar-refractivity contribution in [2.75, 3.05) is 4.90 Å². The molecule has 1 aliphatic carbocycles. The molecule has 0 spiro atoms. The molecule has 1 aliphatic rings. The van der Waals surface area contributed by atoms with Crippen LogP contribution >= 0.6 is 0 Å². The summed E-state index contributed by atoms with van der Waals surface area (Å²) >= 11 is 0. The molecule has 0 aliphatic heterocycles. The monoisotopic (exact) mass is 481 g/mol. The highest BCUT2D eigenvalue weighted by atomic mass is 16.2. The van der Waals surface area contributed by atoms with Gasteiger partial charge in [-0.15, -0.1) is 0 Å². The number of aromatic nitrogens is 1. The fraction of sp³-hybridized carbons (Fsp3) is 0.387. The maximum absolute atomic E-state index is 14.0. The summed E-state index contributed by atoms with van der Waals surface area (Å²) in [5, 5.41) is 5.07. The summed E-state index contributed by atoms with van der Waals surface area (Å²) < 4.78 is 0. The topological polar surface area (TPSA) is 62.3 Å². The third-order valence-corrected chi connectivity index (χ3v) is 6.91. The fourth-order valence-corrected chi connectivity index (χ4v) is 4.96.